The predicted octanol–water partition coefficient (Wildman–Crippen LogP) is 3.45. The van der Waals surface area contributed by atoms with Crippen LogP contribution in [0.25, 0.3) is 0 Å². The Bertz CT molecular complexity index is 372. The third-order valence-electron chi connectivity index (χ3n) is 3.26. The van der Waals surface area contributed by atoms with Gasteiger partial charge in [0.2, 0.25) is 0 Å². The van der Waals surface area contributed by atoms with Crippen LogP contribution < -0.4 is 10.1 Å². The predicted molar refractivity (Wildman–Crippen MR) is 72.0 cm³/mol. The quantitative estimate of drug-likeness (QED) is 0.888. The van der Waals surface area contributed by atoms with Crippen molar-refractivity contribution in [3.8, 4) is 5.75 Å². The van der Waals surface area contributed by atoms with Crippen LogP contribution in [0, 0.1) is 5.92 Å². The molecule has 1 heterocycles. The zero-order valence-corrected chi connectivity index (χ0v) is 11.3. The van der Waals surface area contributed by atoms with Gasteiger partial charge in [-0.25, -0.2) is 0 Å². The van der Waals surface area contributed by atoms with Gasteiger partial charge in [-0.3, -0.25) is 0 Å². The molecule has 17 heavy (non-hydrogen) atoms. The highest BCUT2D eigenvalue weighted by Crippen LogP contribution is 2.29. The van der Waals surface area contributed by atoms with Crippen molar-refractivity contribution in [2.45, 2.75) is 26.2 Å². The molecule has 1 N–H and O–H groups in total. The molecule has 0 saturated carbocycles. The van der Waals surface area contributed by atoms with Crippen LogP contribution in [-0.2, 0) is 0 Å². The molecule has 0 aromatic heterocycles. The highest BCUT2D eigenvalue weighted by atomic mass is 35.5. The van der Waals surface area contributed by atoms with Crippen molar-refractivity contribution in [2.24, 2.45) is 5.92 Å². The number of nitrogens with one attached hydrogen (secondary N) is 1. The maximum atomic E-state index is 6.22. The van der Waals surface area contributed by atoms with Crippen molar-refractivity contribution in [1.82, 2.24) is 5.32 Å². The molecule has 1 saturated heterocycles. The van der Waals surface area contributed by atoms with Crippen molar-refractivity contribution >= 4 is 11.6 Å². The first-order valence-corrected chi connectivity index (χ1v) is 6.67. The van der Waals surface area contributed by atoms with E-state index < -0.39 is 0 Å². The average molecular weight is 254 g/mol. The van der Waals surface area contributed by atoms with E-state index in [0.29, 0.717) is 11.8 Å². The van der Waals surface area contributed by atoms with E-state index in [4.69, 9.17) is 16.3 Å². The molecule has 0 radical (unpaired) electrons. The summed E-state index contributed by atoms with van der Waals surface area (Å²) in [4.78, 5) is 0. The van der Waals surface area contributed by atoms with Crippen LogP contribution in [0.3, 0.4) is 0 Å². The van der Waals surface area contributed by atoms with E-state index in [1.54, 1.807) is 0 Å². The molecule has 1 aliphatic rings. The Labute approximate surface area is 108 Å². The Morgan fingerprint density at radius 3 is 2.88 bits per heavy atom. The summed E-state index contributed by atoms with van der Waals surface area (Å²) in [6, 6.07) is 6.09. The van der Waals surface area contributed by atoms with Gasteiger partial charge in [0, 0.05) is 12.5 Å². The van der Waals surface area contributed by atoms with E-state index in [2.05, 4.69) is 25.2 Å². The van der Waals surface area contributed by atoms with Gasteiger partial charge in [0.25, 0.3) is 0 Å². The Hall–Kier alpha value is -0.730. The standard InChI is InChI=1S/C14H20ClNO/c1-10(2)12-3-4-14(13(15)7-12)17-9-11-5-6-16-8-11/h3-4,7,10-11,16H,5-6,8-9H2,1-2H3. The molecule has 2 rings (SSSR count). The molecule has 1 unspecified atom stereocenters. The maximum Gasteiger partial charge on any atom is 0.137 e. The summed E-state index contributed by atoms with van der Waals surface area (Å²) in [7, 11) is 0. The van der Waals surface area contributed by atoms with Gasteiger partial charge in [-0.1, -0.05) is 31.5 Å². The lowest BCUT2D eigenvalue weighted by molar-refractivity contribution is 0.260. The van der Waals surface area contributed by atoms with Gasteiger partial charge in [0.05, 0.1) is 11.6 Å². The number of benzene rings is 1. The summed E-state index contributed by atoms with van der Waals surface area (Å²) < 4.78 is 5.78. The molecule has 1 aliphatic heterocycles. The number of hydrogen-bond donors (Lipinski definition) is 1. The van der Waals surface area contributed by atoms with Gasteiger partial charge in [0.1, 0.15) is 5.75 Å². The third-order valence-corrected chi connectivity index (χ3v) is 3.55. The summed E-state index contributed by atoms with van der Waals surface area (Å²) >= 11 is 6.22. The molecule has 0 spiro atoms. The Balaban J connectivity index is 1.96. The maximum absolute atomic E-state index is 6.22. The number of ether oxygens (including phenoxy) is 1. The first kappa shape index (κ1) is 12.7. The normalized spacial score (nSPS) is 19.9. The minimum Gasteiger partial charge on any atom is -0.492 e. The minimum absolute atomic E-state index is 0.501. The lowest BCUT2D eigenvalue weighted by atomic mass is 10.0. The number of rotatable bonds is 4. The third kappa shape index (κ3) is 3.36. The second kappa shape index (κ2) is 5.74. The van der Waals surface area contributed by atoms with Crippen LogP contribution in [0.5, 0.6) is 5.75 Å². The molecule has 1 aromatic carbocycles. The molecule has 0 bridgehead atoms. The second-order valence-corrected chi connectivity index (χ2v) is 5.42. The highest BCUT2D eigenvalue weighted by molar-refractivity contribution is 6.32. The van der Waals surface area contributed by atoms with Gasteiger partial charge in [-0.2, -0.15) is 0 Å². The van der Waals surface area contributed by atoms with Crippen molar-refractivity contribution < 1.29 is 4.74 Å². The summed E-state index contributed by atoms with van der Waals surface area (Å²) in [6.45, 7) is 7.25. The van der Waals surface area contributed by atoms with Gasteiger partial charge in [-0.05, 0) is 36.6 Å². The fourth-order valence-electron chi connectivity index (χ4n) is 2.06. The van der Waals surface area contributed by atoms with Crippen molar-refractivity contribution in [2.75, 3.05) is 19.7 Å². The Morgan fingerprint density at radius 2 is 2.29 bits per heavy atom. The molecule has 94 valence electrons. The Morgan fingerprint density at radius 1 is 1.47 bits per heavy atom. The van der Waals surface area contributed by atoms with Gasteiger partial charge >= 0.3 is 0 Å². The van der Waals surface area contributed by atoms with Gasteiger partial charge < -0.3 is 10.1 Å². The average Bonchev–Trinajstić information content (AvgIpc) is 2.80. The topological polar surface area (TPSA) is 21.3 Å². The molecular formula is C14H20ClNO. The molecule has 1 fully saturated rings. The first-order chi connectivity index (χ1) is 8.16. The molecule has 1 atom stereocenters. The molecule has 3 heteroatoms. The number of halogens is 1. The lowest BCUT2D eigenvalue weighted by Crippen LogP contribution is -2.15. The van der Waals surface area contributed by atoms with E-state index >= 15 is 0 Å². The largest absolute Gasteiger partial charge is 0.492 e. The van der Waals surface area contributed by atoms with Crippen molar-refractivity contribution in [1.29, 1.82) is 0 Å². The van der Waals surface area contributed by atoms with Crippen LogP contribution in [0.2, 0.25) is 5.02 Å². The summed E-state index contributed by atoms with van der Waals surface area (Å²) in [5, 5.41) is 4.06. The van der Waals surface area contributed by atoms with Crippen LogP contribution in [0.15, 0.2) is 18.2 Å². The fourth-order valence-corrected chi connectivity index (χ4v) is 2.30. The van der Waals surface area contributed by atoms with E-state index in [-0.39, 0.29) is 0 Å². The van der Waals surface area contributed by atoms with E-state index in [0.717, 1.165) is 30.5 Å². The molecule has 2 nitrogen and oxygen atoms in total. The number of hydrogen-bond acceptors (Lipinski definition) is 2. The smallest absolute Gasteiger partial charge is 0.137 e. The second-order valence-electron chi connectivity index (χ2n) is 5.01. The molecule has 1 aromatic rings. The van der Waals surface area contributed by atoms with E-state index in [9.17, 15) is 0 Å². The van der Waals surface area contributed by atoms with Gasteiger partial charge in [-0.15, -0.1) is 0 Å². The summed E-state index contributed by atoms with van der Waals surface area (Å²) in [5.41, 5.74) is 1.25. The zero-order chi connectivity index (χ0) is 12.3. The highest BCUT2D eigenvalue weighted by Gasteiger charge is 2.15. The zero-order valence-electron chi connectivity index (χ0n) is 10.5. The molecule has 0 aliphatic carbocycles. The summed E-state index contributed by atoms with van der Waals surface area (Å²) in [6.07, 6.45) is 1.20. The van der Waals surface area contributed by atoms with Crippen molar-refractivity contribution in [3.05, 3.63) is 28.8 Å². The lowest BCUT2D eigenvalue weighted by Gasteiger charge is -2.13. The summed E-state index contributed by atoms with van der Waals surface area (Å²) in [5.74, 6) is 1.93. The van der Waals surface area contributed by atoms with Crippen LogP contribution in [0.4, 0.5) is 0 Å². The van der Waals surface area contributed by atoms with E-state index in [1.807, 2.05) is 12.1 Å². The van der Waals surface area contributed by atoms with Crippen LogP contribution in [0.1, 0.15) is 31.7 Å². The Kier molecular flexibility index (Phi) is 4.30. The van der Waals surface area contributed by atoms with E-state index in [1.165, 1.54) is 12.0 Å². The fraction of sp³-hybridized carbons (Fsp3) is 0.571. The monoisotopic (exact) mass is 253 g/mol. The first-order valence-electron chi connectivity index (χ1n) is 6.30. The van der Waals surface area contributed by atoms with Crippen molar-refractivity contribution in [3.63, 3.8) is 0 Å². The minimum atomic E-state index is 0.501. The van der Waals surface area contributed by atoms with Crippen LogP contribution >= 0.6 is 11.6 Å². The van der Waals surface area contributed by atoms with Crippen LogP contribution in [-0.4, -0.2) is 19.7 Å². The van der Waals surface area contributed by atoms with Gasteiger partial charge in [0.15, 0.2) is 0 Å². The molecule has 0 amide bonds. The SMILES string of the molecule is CC(C)c1ccc(OCC2CCNC2)c(Cl)c1. The molecular weight excluding hydrogens is 234 g/mol.